The number of carbonyl (C=O) groups is 1. The zero-order valence-corrected chi connectivity index (χ0v) is 20.8. The van der Waals surface area contributed by atoms with Crippen molar-refractivity contribution in [2.75, 3.05) is 23.0 Å². The van der Waals surface area contributed by atoms with Crippen LogP contribution in [0.3, 0.4) is 0 Å². The minimum atomic E-state index is -0.634. The summed E-state index contributed by atoms with van der Waals surface area (Å²) in [6.45, 7) is 2.32. The van der Waals surface area contributed by atoms with Crippen molar-refractivity contribution in [1.82, 2.24) is 9.55 Å². The molecule has 0 saturated heterocycles. The van der Waals surface area contributed by atoms with E-state index in [-0.39, 0.29) is 23.7 Å². The number of urea groups is 1. The Balaban J connectivity index is 0.00000324. The van der Waals surface area contributed by atoms with Gasteiger partial charge in [0.1, 0.15) is 11.6 Å². The number of pyridine rings is 2. The normalized spacial score (nSPS) is 10.5. The van der Waals surface area contributed by atoms with Gasteiger partial charge in [-0.25, -0.2) is 14.2 Å². The largest absolute Gasteiger partial charge is 0.373 e. The topological polar surface area (TPSA) is 88.1 Å². The van der Waals surface area contributed by atoms with Crippen LogP contribution in [0, 0.1) is 5.82 Å². The van der Waals surface area contributed by atoms with Crippen LogP contribution >= 0.6 is 28.3 Å². The second-order valence-corrected chi connectivity index (χ2v) is 8.10. The number of fused-ring (bicyclic) bond motifs is 1. The third-order valence-electron chi connectivity index (χ3n) is 5.18. The van der Waals surface area contributed by atoms with Crippen LogP contribution < -0.4 is 21.5 Å². The highest BCUT2D eigenvalue weighted by atomic mass is 79.9. The first-order valence-corrected chi connectivity index (χ1v) is 11.0. The predicted octanol–water partition coefficient (Wildman–Crippen LogP) is 6.09. The summed E-state index contributed by atoms with van der Waals surface area (Å²) in [5.74, 6) is 0.0153. The molecular formula is C24H22BrClFN5O2. The second kappa shape index (κ2) is 10.7. The number of benzene rings is 2. The molecule has 0 aliphatic heterocycles. The Hall–Kier alpha value is -3.43. The molecule has 0 unspecified atom stereocenters. The molecule has 0 aliphatic carbocycles. The van der Waals surface area contributed by atoms with E-state index in [1.807, 2.05) is 19.1 Å². The molecule has 176 valence electrons. The van der Waals surface area contributed by atoms with E-state index >= 15 is 0 Å². The molecule has 0 saturated carbocycles. The summed E-state index contributed by atoms with van der Waals surface area (Å²) in [6, 6.07) is 14.4. The van der Waals surface area contributed by atoms with Gasteiger partial charge in [-0.2, -0.15) is 0 Å². The zero-order chi connectivity index (χ0) is 23.5. The number of para-hydroxylation sites is 1. The number of hydrogen-bond donors (Lipinski definition) is 3. The Bertz CT molecular complexity index is 1410. The molecule has 0 bridgehead atoms. The van der Waals surface area contributed by atoms with Crippen LogP contribution in [0.1, 0.15) is 6.92 Å². The number of halogens is 3. The van der Waals surface area contributed by atoms with E-state index < -0.39 is 11.8 Å². The monoisotopic (exact) mass is 545 g/mol. The minimum Gasteiger partial charge on any atom is -0.373 e. The quantitative estimate of drug-likeness (QED) is 0.283. The van der Waals surface area contributed by atoms with E-state index in [2.05, 4.69) is 36.9 Å². The lowest BCUT2D eigenvalue weighted by molar-refractivity contribution is 0.262. The van der Waals surface area contributed by atoms with Crippen molar-refractivity contribution in [3.8, 4) is 11.1 Å². The number of rotatable bonds is 5. The van der Waals surface area contributed by atoms with E-state index in [1.165, 1.54) is 12.1 Å². The maximum absolute atomic E-state index is 14.7. The Morgan fingerprint density at radius 1 is 1.09 bits per heavy atom. The van der Waals surface area contributed by atoms with Crippen LogP contribution in [-0.2, 0) is 6.54 Å². The van der Waals surface area contributed by atoms with E-state index in [1.54, 1.807) is 48.1 Å². The van der Waals surface area contributed by atoms with Gasteiger partial charge in [-0.3, -0.25) is 4.79 Å². The van der Waals surface area contributed by atoms with Crippen LogP contribution in [0.5, 0.6) is 0 Å². The van der Waals surface area contributed by atoms with Crippen LogP contribution in [0.4, 0.5) is 26.4 Å². The SMILES string of the molecule is CCn1c(=O)c(-c2cc(NC(=O)Nc3ccccc3)c(F)cc2Br)cc2cnc(NC)cc21.Cl. The Labute approximate surface area is 209 Å². The highest BCUT2D eigenvalue weighted by Crippen LogP contribution is 2.33. The van der Waals surface area contributed by atoms with Crippen molar-refractivity contribution in [1.29, 1.82) is 0 Å². The molecule has 0 atom stereocenters. The van der Waals surface area contributed by atoms with Gasteiger partial charge in [0.05, 0.1) is 11.2 Å². The molecule has 0 fully saturated rings. The maximum atomic E-state index is 14.7. The third kappa shape index (κ3) is 5.05. The van der Waals surface area contributed by atoms with Gasteiger partial charge in [0, 0.05) is 52.5 Å². The van der Waals surface area contributed by atoms with Crippen molar-refractivity contribution in [3.63, 3.8) is 0 Å². The molecule has 2 amide bonds. The fraction of sp³-hybridized carbons (Fsp3) is 0.125. The average molecular weight is 547 g/mol. The molecule has 34 heavy (non-hydrogen) atoms. The number of hydrogen-bond acceptors (Lipinski definition) is 4. The summed E-state index contributed by atoms with van der Waals surface area (Å²) in [5, 5.41) is 8.90. The number of carbonyl (C=O) groups excluding carboxylic acids is 1. The highest BCUT2D eigenvalue weighted by molar-refractivity contribution is 9.10. The fourth-order valence-electron chi connectivity index (χ4n) is 3.57. The first-order chi connectivity index (χ1) is 15.9. The van der Waals surface area contributed by atoms with Gasteiger partial charge >= 0.3 is 6.03 Å². The number of aryl methyl sites for hydroxylation is 1. The average Bonchev–Trinajstić information content (AvgIpc) is 2.81. The summed E-state index contributed by atoms with van der Waals surface area (Å²) in [6.07, 6.45) is 1.68. The molecular weight excluding hydrogens is 525 g/mol. The smallest absolute Gasteiger partial charge is 0.323 e. The maximum Gasteiger partial charge on any atom is 0.323 e. The number of anilines is 3. The summed E-state index contributed by atoms with van der Waals surface area (Å²) in [7, 11) is 1.76. The number of amides is 2. The number of nitrogens with zero attached hydrogens (tertiary/aromatic N) is 2. The first kappa shape index (κ1) is 25.2. The number of aromatic nitrogens is 2. The van der Waals surface area contributed by atoms with E-state index in [4.69, 9.17) is 0 Å². The van der Waals surface area contributed by atoms with Crippen molar-refractivity contribution in [3.05, 3.63) is 81.4 Å². The summed E-state index contributed by atoms with van der Waals surface area (Å²) in [5.41, 5.74) is 1.85. The zero-order valence-electron chi connectivity index (χ0n) is 18.4. The molecule has 7 nitrogen and oxygen atoms in total. The molecule has 0 aliphatic rings. The van der Waals surface area contributed by atoms with Crippen molar-refractivity contribution in [2.24, 2.45) is 0 Å². The summed E-state index contributed by atoms with van der Waals surface area (Å²) in [4.78, 5) is 30.1. The van der Waals surface area contributed by atoms with Gasteiger partial charge in [-0.15, -0.1) is 12.4 Å². The van der Waals surface area contributed by atoms with Gasteiger partial charge in [0.25, 0.3) is 5.56 Å². The van der Waals surface area contributed by atoms with Gasteiger partial charge in [-0.1, -0.05) is 34.1 Å². The van der Waals surface area contributed by atoms with Crippen molar-refractivity contribution < 1.29 is 9.18 Å². The Morgan fingerprint density at radius 3 is 2.50 bits per heavy atom. The summed E-state index contributed by atoms with van der Waals surface area (Å²) >= 11 is 3.36. The summed E-state index contributed by atoms with van der Waals surface area (Å²) < 4.78 is 16.7. The first-order valence-electron chi connectivity index (χ1n) is 10.2. The fourth-order valence-corrected chi connectivity index (χ4v) is 4.10. The molecule has 4 aromatic rings. The molecule has 3 N–H and O–H groups in total. The minimum absolute atomic E-state index is 0. The van der Waals surface area contributed by atoms with Crippen LogP contribution in [0.25, 0.3) is 22.0 Å². The number of nitrogens with one attached hydrogen (secondary N) is 3. The third-order valence-corrected chi connectivity index (χ3v) is 5.83. The van der Waals surface area contributed by atoms with Crippen molar-refractivity contribution in [2.45, 2.75) is 13.5 Å². The predicted molar refractivity (Wildman–Crippen MR) is 141 cm³/mol. The lowest BCUT2D eigenvalue weighted by Gasteiger charge is -2.15. The molecule has 2 heterocycles. The molecule has 2 aromatic carbocycles. The molecule has 4 rings (SSSR count). The Morgan fingerprint density at radius 2 is 1.82 bits per heavy atom. The molecule has 0 spiro atoms. The van der Waals surface area contributed by atoms with Gasteiger partial charge in [0.2, 0.25) is 0 Å². The second-order valence-electron chi connectivity index (χ2n) is 7.24. The van der Waals surface area contributed by atoms with E-state index in [0.717, 1.165) is 10.9 Å². The lowest BCUT2D eigenvalue weighted by Crippen LogP contribution is -2.22. The van der Waals surface area contributed by atoms with Crippen LogP contribution in [-0.4, -0.2) is 22.6 Å². The van der Waals surface area contributed by atoms with Gasteiger partial charge < -0.3 is 20.5 Å². The van der Waals surface area contributed by atoms with Crippen LogP contribution in [0.15, 0.2) is 70.1 Å². The molecule has 10 heteroatoms. The van der Waals surface area contributed by atoms with Gasteiger partial charge in [0.15, 0.2) is 0 Å². The van der Waals surface area contributed by atoms with Gasteiger partial charge in [-0.05, 0) is 37.3 Å². The standard InChI is InChI=1S/C24H21BrFN5O2.ClH/c1-3-31-21-12-22(27-2)28-13-14(21)9-17(23(31)32)16-10-20(19(26)11-18(16)25)30-24(33)29-15-7-5-4-6-8-15;/h4-13H,3H2,1-2H3,(H,27,28)(H2,29,30,33);1H. The Kier molecular flexibility index (Phi) is 7.90. The van der Waals surface area contributed by atoms with Crippen LogP contribution in [0.2, 0.25) is 0 Å². The van der Waals surface area contributed by atoms with E-state index in [9.17, 15) is 14.0 Å². The lowest BCUT2D eigenvalue weighted by atomic mass is 10.0. The van der Waals surface area contributed by atoms with Crippen molar-refractivity contribution >= 4 is 62.5 Å². The molecule has 2 aromatic heterocycles. The molecule has 0 radical (unpaired) electrons. The highest BCUT2D eigenvalue weighted by Gasteiger charge is 2.17. The van der Waals surface area contributed by atoms with E-state index in [0.29, 0.717) is 33.6 Å².